The molecule has 0 amide bonds. The molecular weight excluding hydrogens is 668 g/mol. The first-order chi connectivity index (χ1) is 23.9. The van der Waals surface area contributed by atoms with Crippen LogP contribution in [0, 0.1) is 13.8 Å². The van der Waals surface area contributed by atoms with Gasteiger partial charge in [-0.15, -0.1) is 68.6 Å². The summed E-state index contributed by atoms with van der Waals surface area (Å²) in [6, 6.07) is 62.5. The Morgan fingerprint density at radius 2 is 1.02 bits per heavy atom. The van der Waals surface area contributed by atoms with Crippen LogP contribution < -0.4 is 0 Å². The Labute approximate surface area is 306 Å². The molecule has 8 rings (SSSR count). The normalized spacial score (nSPS) is 10.8. The number of rotatable bonds is 5. The van der Waals surface area contributed by atoms with Crippen LogP contribution >= 0.6 is 0 Å². The van der Waals surface area contributed by atoms with Crippen molar-refractivity contribution in [3.8, 4) is 22.3 Å². The molecule has 8 aromatic carbocycles. The molecular formula is C48H42Zr. The van der Waals surface area contributed by atoms with Gasteiger partial charge in [-0.2, -0.15) is 12.1 Å². The molecule has 0 unspecified atom stereocenters. The molecule has 0 fully saturated rings. The summed E-state index contributed by atoms with van der Waals surface area (Å²) in [5.74, 6) is 0.584. The van der Waals surface area contributed by atoms with Crippen LogP contribution in [0.15, 0.2) is 176 Å². The Hall–Kier alpha value is -4.71. The van der Waals surface area contributed by atoms with Crippen molar-refractivity contribution in [2.75, 3.05) is 0 Å². The second kappa shape index (κ2) is 16.1. The number of aryl methyl sites for hydroxylation is 2. The summed E-state index contributed by atoms with van der Waals surface area (Å²) in [6.45, 7) is 8.83. The summed E-state index contributed by atoms with van der Waals surface area (Å²) in [7, 11) is 0. The van der Waals surface area contributed by atoms with Gasteiger partial charge in [-0.3, -0.25) is 0 Å². The fourth-order valence-corrected chi connectivity index (χ4v) is 7.12. The van der Waals surface area contributed by atoms with Crippen molar-refractivity contribution in [2.45, 2.75) is 33.6 Å². The third-order valence-electron chi connectivity index (χ3n) is 8.98. The quantitative estimate of drug-likeness (QED) is 0.156. The van der Waals surface area contributed by atoms with Crippen LogP contribution in [0.3, 0.4) is 0 Å². The summed E-state index contributed by atoms with van der Waals surface area (Å²) in [5, 5.41) is 5.46. The summed E-state index contributed by atoms with van der Waals surface area (Å²) < 4.78 is 1.42. The van der Waals surface area contributed by atoms with E-state index >= 15 is 0 Å². The molecule has 0 saturated heterocycles. The molecule has 0 aromatic heterocycles. The third kappa shape index (κ3) is 8.30. The summed E-state index contributed by atoms with van der Waals surface area (Å²) >= 11 is 1.46. The van der Waals surface area contributed by atoms with Crippen LogP contribution in [0.25, 0.3) is 43.8 Å². The minimum absolute atomic E-state index is 0.584. The molecule has 49 heavy (non-hydrogen) atoms. The van der Waals surface area contributed by atoms with Crippen LogP contribution in [0.5, 0.6) is 0 Å². The Balaban J connectivity index is 0.000000129. The van der Waals surface area contributed by atoms with E-state index in [0.29, 0.717) is 5.92 Å². The molecule has 0 nitrogen and oxygen atoms in total. The van der Waals surface area contributed by atoms with E-state index in [9.17, 15) is 0 Å². The fraction of sp³-hybridized carbons (Fsp3) is 0.104. The van der Waals surface area contributed by atoms with Crippen molar-refractivity contribution in [3.05, 3.63) is 204 Å². The number of fused-ring (bicyclic) bond motifs is 2. The van der Waals surface area contributed by atoms with Gasteiger partial charge < -0.3 is 0 Å². The average Bonchev–Trinajstić information content (AvgIpc) is 3.78. The fourth-order valence-electron chi connectivity index (χ4n) is 6.30. The van der Waals surface area contributed by atoms with Gasteiger partial charge in [0.05, 0.1) is 0 Å². The van der Waals surface area contributed by atoms with Crippen LogP contribution in [0.4, 0.5) is 0 Å². The average molecular weight is 710 g/mol. The summed E-state index contributed by atoms with van der Waals surface area (Å²) in [4.78, 5) is 0. The predicted octanol–water partition coefficient (Wildman–Crippen LogP) is 13.0. The molecule has 0 aliphatic carbocycles. The zero-order chi connectivity index (χ0) is 34.2. The third-order valence-corrected chi connectivity index (χ3v) is 10.4. The van der Waals surface area contributed by atoms with Gasteiger partial charge >= 0.3 is 99.2 Å². The SMILES string of the molecule is CC(C)c1cc2c(-c3ccccc3)cccc2[cH-]1.Cc1cc2c(-c3ccccc3)ccc(C)c2[cH-]1.[Zr+2]=[C](c1ccccc1)c1ccccc1. The molecule has 0 radical (unpaired) electrons. The van der Waals surface area contributed by atoms with E-state index in [-0.39, 0.29) is 0 Å². The van der Waals surface area contributed by atoms with Gasteiger partial charge in [0.15, 0.2) is 0 Å². The van der Waals surface area contributed by atoms with E-state index in [1.54, 1.807) is 0 Å². The van der Waals surface area contributed by atoms with Crippen molar-refractivity contribution >= 4 is 24.8 Å². The van der Waals surface area contributed by atoms with E-state index in [1.807, 2.05) is 0 Å². The molecule has 0 N–H and O–H groups in total. The first kappa shape index (κ1) is 34.2. The van der Waals surface area contributed by atoms with Gasteiger partial charge in [0.25, 0.3) is 0 Å². The van der Waals surface area contributed by atoms with Crippen LogP contribution in [-0.2, 0) is 24.2 Å². The summed E-state index contributed by atoms with van der Waals surface area (Å²) in [5.41, 5.74) is 12.0. The van der Waals surface area contributed by atoms with Crippen molar-refractivity contribution in [2.24, 2.45) is 0 Å². The number of benzene rings is 6. The van der Waals surface area contributed by atoms with Gasteiger partial charge in [-0.1, -0.05) is 112 Å². The molecule has 0 atom stereocenters. The van der Waals surface area contributed by atoms with E-state index in [1.165, 1.54) is 99.1 Å². The van der Waals surface area contributed by atoms with Crippen LogP contribution in [0.1, 0.15) is 47.6 Å². The Morgan fingerprint density at radius 1 is 0.510 bits per heavy atom. The maximum atomic E-state index is 2.34. The second-order valence-corrected chi connectivity index (χ2v) is 14.1. The molecule has 0 heterocycles. The van der Waals surface area contributed by atoms with Gasteiger partial charge in [-0.05, 0) is 17.0 Å². The molecule has 8 aromatic rings. The molecule has 0 bridgehead atoms. The van der Waals surface area contributed by atoms with Gasteiger partial charge in [0.2, 0.25) is 0 Å². The van der Waals surface area contributed by atoms with E-state index in [2.05, 4.69) is 204 Å². The zero-order valence-electron chi connectivity index (χ0n) is 28.8. The van der Waals surface area contributed by atoms with Gasteiger partial charge in [0, 0.05) is 0 Å². The molecule has 0 spiro atoms. The second-order valence-electron chi connectivity index (χ2n) is 12.9. The molecule has 1 heteroatoms. The van der Waals surface area contributed by atoms with Crippen molar-refractivity contribution < 1.29 is 24.2 Å². The molecule has 0 saturated carbocycles. The van der Waals surface area contributed by atoms with Gasteiger partial charge in [0.1, 0.15) is 0 Å². The van der Waals surface area contributed by atoms with Crippen molar-refractivity contribution in [3.63, 3.8) is 0 Å². The van der Waals surface area contributed by atoms with E-state index in [0.717, 1.165) is 0 Å². The van der Waals surface area contributed by atoms with Crippen LogP contribution in [-0.4, -0.2) is 3.21 Å². The Bertz CT molecular complexity index is 2210. The van der Waals surface area contributed by atoms with Gasteiger partial charge in [-0.25, -0.2) is 0 Å². The molecule has 238 valence electrons. The first-order valence-electron chi connectivity index (χ1n) is 17.1. The minimum atomic E-state index is 0.584. The monoisotopic (exact) mass is 708 g/mol. The zero-order valence-corrected chi connectivity index (χ0v) is 31.3. The number of hydrogen-bond acceptors (Lipinski definition) is 0. The Morgan fingerprint density at radius 3 is 1.55 bits per heavy atom. The van der Waals surface area contributed by atoms with Crippen LogP contribution in [0.2, 0.25) is 0 Å². The molecule has 0 aliphatic rings. The number of hydrogen-bond donors (Lipinski definition) is 0. The van der Waals surface area contributed by atoms with Crippen molar-refractivity contribution in [1.29, 1.82) is 0 Å². The first-order valence-corrected chi connectivity index (χ1v) is 18.3. The Kier molecular flexibility index (Phi) is 11.2. The molecule has 0 aliphatic heterocycles. The standard InChI is InChI=1S/C18H17.C17H15.C13H10.Zr/c1-13(2)16-11-15-9-6-10-17(18(15)12-16)14-7-4-3-5-8-14;1-12-10-16-13(2)8-9-15(17(16)11-12)14-6-4-3-5-7-14;1-3-7-12(8-4-1)11-13-9-5-2-6-10-13;/h3-13H,1-2H3;3-11H,1-2H3;1-10H;/q2*-1;;+2. The predicted molar refractivity (Wildman–Crippen MR) is 210 cm³/mol. The topological polar surface area (TPSA) is 0 Å². The van der Waals surface area contributed by atoms with E-state index < -0.39 is 0 Å². The van der Waals surface area contributed by atoms with Crippen molar-refractivity contribution in [1.82, 2.24) is 0 Å². The maximum absolute atomic E-state index is 2.34. The summed E-state index contributed by atoms with van der Waals surface area (Å²) in [6.07, 6.45) is 0. The van der Waals surface area contributed by atoms with E-state index in [4.69, 9.17) is 0 Å².